The third-order valence-electron chi connectivity index (χ3n) is 7.63. The maximum Gasteiger partial charge on any atom is 0.319 e. The van der Waals surface area contributed by atoms with Crippen molar-refractivity contribution in [2.75, 3.05) is 13.1 Å². The number of aromatic hydroxyl groups is 3. The van der Waals surface area contributed by atoms with E-state index in [-0.39, 0.29) is 35.2 Å². The summed E-state index contributed by atoms with van der Waals surface area (Å²) in [6.45, 7) is 10.1. The number of likely N-dealkylation sites (tertiary alicyclic amines) is 1. The monoisotopic (exact) mass is 516 g/mol. The highest BCUT2D eigenvalue weighted by Crippen LogP contribution is 2.39. The van der Waals surface area contributed by atoms with Crippen molar-refractivity contribution in [2.24, 2.45) is 5.92 Å². The van der Waals surface area contributed by atoms with Gasteiger partial charge in [0.05, 0.1) is 11.3 Å². The number of hydrogen-bond donors (Lipinski definition) is 3. The quantitative estimate of drug-likeness (QED) is 0.319. The number of carbonyl (C=O) groups excluding carboxylic acids is 1. The molecule has 0 saturated carbocycles. The van der Waals surface area contributed by atoms with Gasteiger partial charge in [-0.3, -0.25) is 4.79 Å². The van der Waals surface area contributed by atoms with Crippen molar-refractivity contribution >= 4 is 16.8 Å². The number of phenolic OH excluding ortho intramolecular Hbond substituents is 2. The Morgan fingerprint density at radius 2 is 1.82 bits per heavy atom. The van der Waals surface area contributed by atoms with Crippen LogP contribution in [0.25, 0.3) is 28.0 Å². The second-order valence-corrected chi connectivity index (χ2v) is 10.4. The highest BCUT2D eigenvalue weighted by atomic mass is 16.3. The number of aromatic nitrogens is 4. The highest BCUT2D eigenvalue weighted by Gasteiger charge is 2.23. The Bertz CT molecular complexity index is 1460. The van der Waals surface area contributed by atoms with Crippen LogP contribution in [0.5, 0.6) is 17.5 Å². The largest absolute Gasteiger partial charge is 0.508 e. The number of benzene rings is 2. The molecule has 9 nitrogen and oxygen atoms in total. The number of aryl methyl sites for hydroxylation is 1. The fourth-order valence-electron chi connectivity index (χ4n) is 5.40. The van der Waals surface area contributed by atoms with Crippen LogP contribution in [-0.4, -0.2) is 58.5 Å². The van der Waals surface area contributed by atoms with Crippen LogP contribution < -0.4 is 0 Å². The van der Waals surface area contributed by atoms with Gasteiger partial charge < -0.3 is 24.8 Å². The molecular weight excluding hydrogens is 482 g/mol. The van der Waals surface area contributed by atoms with Gasteiger partial charge in [0.1, 0.15) is 11.5 Å². The third kappa shape index (κ3) is 4.80. The topological polar surface area (TPSA) is 117 Å². The molecule has 1 saturated heterocycles. The van der Waals surface area contributed by atoms with E-state index in [9.17, 15) is 20.1 Å². The second-order valence-electron chi connectivity index (χ2n) is 10.4. The molecular formula is C29H34N5O4. The summed E-state index contributed by atoms with van der Waals surface area (Å²) in [7, 11) is 0. The molecule has 3 heterocycles. The van der Waals surface area contributed by atoms with Crippen LogP contribution >= 0.6 is 0 Å². The van der Waals surface area contributed by atoms with E-state index in [2.05, 4.69) is 27.9 Å². The molecule has 38 heavy (non-hydrogen) atoms. The minimum absolute atomic E-state index is 0.0107. The van der Waals surface area contributed by atoms with Gasteiger partial charge in [0.15, 0.2) is 5.82 Å². The van der Waals surface area contributed by atoms with Crippen LogP contribution in [0.4, 0.5) is 0 Å². The summed E-state index contributed by atoms with van der Waals surface area (Å²) in [5.74, 6) is 0.902. The Labute approximate surface area is 222 Å². The van der Waals surface area contributed by atoms with E-state index >= 15 is 0 Å². The SMILES string of the molecule is [CH2]CC(=O)N1CCC(CCn2ccc3cc(-n4c(O)nnc4-c4cc(C(C)C)c(O)cc4O)ccc32)CC1. The van der Waals surface area contributed by atoms with E-state index in [1.54, 1.807) is 6.07 Å². The zero-order chi connectivity index (χ0) is 27.0. The molecule has 0 atom stereocenters. The van der Waals surface area contributed by atoms with Crippen molar-refractivity contribution < 1.29 is 20.1 Å². The Kier molecular flexibility index (Phi) is 7.01. The molecule has 1 aliphatic heterocycles. The summed E-state index contributed by atoms with van der Waals surface area (Å²) in [4.78, 5) is 13.8. The Morgan fingerprint density at radius 1 is 1.05 bits per heavy atom. The first-order valence-corrected chi connectivity index (χ1v) is 13.1. The molecule has 0 bridgehead atoms. The number of hydrogen-bond acceptors (Lipinski definition) is 6. The number of phenols is 2. The van der Waals surface area contributed by atoms with Gasteiger partial charge in [0, 0.05) is 49.2 Å². The predicted octanol–water partition coefficient (Wildman–Crippen LogP) is 4.98. The minimum Gasteiger partial charge on any atom is -0.508 e. The molecule has 0 spiro atoms. The smallest absolute Gasteiger partial charge is 0.319 e. The van der Waals surface area contributed by atoms with Crippen molar-refractivity contribution in [3.05, 3.63) is 55.1 Å². The standard InChI is InChI=1S/C29H34N5O4/c1-4-27(37)33-12-8-19(9-13-33)7-11-32-14-10-20-15-21(5-6-24(20)32)34-28(30-31-29(34)38)23-16-22(18(2)3)25(35)17-26(23)36/h5-6,10,14-19,35-36H,1,4,7-9,11-13H2,2-3H3,(H,31,38). The van der Waals surface area contributed by atoms with Crippen LogP contribution in [0.1, 0.15) is 51.0 Å². The molecule has 0 aliphatic carbocycles. The lowest BCUT2D eigenvalue weighted by Gasteiger charge is -2.32. The molecule has 4 aromatic rings. The van der Waals surface area contributed by atoms with Crippen LogP contribution in [-0.2, 0) is 11.3 Å². The van der Waals surface area contributed by atoms with Crippen molar-refractivity contribution in [3.8, 4) is 34.6 Å². The molecule has 0 unspecified atom stereocenters. The van der Waals surface area contributed by atoms with Gasteiger partial charge in [-0.2, -0.15) is 0 Å². The predicted molar refractivity (Wildman–Crippen MR) is 145 cm³/mol. The number of carbonyl (C=O) groups is 1. The van der Waals surface area contributed by atoms with Gasteiger partial charge in [-0.1, -0.05) is 18.9 Å². The fraction of sp³-hybridized carbons (Fsp3) is 0.379. The zero-order valence-corrected chi connectivity index (χ0v) is 21.8. The normalized spacial score (nSPS) is 14.6. The molecule has 1 fully saturated rings. The van der Waals surface area contributed by atoms with E-state index in [1.165, 1.54) is 10.6 Å². The first kappa shape index (κ1) is 25.6. The van der Waals surface area contributed by atoms with Gasteiger partial charge in [0.2, 0.25) is 5.91 Å². The van der Waals surface area contributed by atoms with Crippen molar-refractivity contribution in [1.29, 1.82) is 0 Å². The lowest BCUT2D eigenvalue weighted by Crippen LogP contribution is -2.38. The molecule has 1 aliphatic rings. The molecule has 2 aromatic carbocycles. The van der Waals surface area contributed by atoms with Gasteiger partial charge in [-0.25, -0.2) is 4.57 Å². The molecule has 9 heteroatoms. The summed E-state index contributed by atoms with van der Waals surface area (Å²) in [6, 6.07) is 10.6. The summed E-state index contributed by atoms with van der Waals surface area (Å²) in [6.07, 6.45) is 5.49. The average Bonchev–Trinajstić information content (AvgIpc) is 3.49. The van der Waals surface area contributed by atoms with E-state index in [0.717, 1.165) is 49.8 Å². The molecule has 1 radical (unpaired) electrons. The maximum absolute atomic E-state index is 11.9. The van der Waals surface area contributed by atoms with Crippen LogP contribution in [0, 0.1) is 12.8 Å². The van der Waals surface area contributed by atoms with E-state index in [1.807, 2.05) is 43.0 Å². The van der Waals surface area contributed by atoms with Gasteiger partial charge in [0.25, 0.3) is 0 Å². The molecule has 1 amide bonds. The average molecular weight is 517 g/mol. The van der Waals surface area contributed by atoms with Crippen LogP contribution in [0.2, 0.25) is 0 Å². The first-order chi connectivity index (χ1) is 18.3. The Hall–Kier alpha value is -4.01. The van der Waals surface area contributed by atoms with E-state index < -0.39 is 0 Å². The molecule has 199 valence electrons. The van der Waals surface area contributed by atoms with Crippen LogP contribution in [0.3, 0.4) is 0 Å². The van der Waals surface area contributed by atoms with Gasteiger partial charge in [-0.15, -0.1) is 5.10 Å². The molecule has 5 rings (SSSR count). The summed E-state index contributed by atoms with van der Waals surface area (Å²) in [5.41, 5.74) is 2.79. The lowest BCUT2D eigenvalue weighted by atomic mass is 9.93. The third-order valence-corrected chi connectivity index (χ3v) is 7.63. The highest BCUT2D eigenvalue weighted by molar-refractivity contribution is 5.83. The Balaban J connectivity index is 1.37. The number of piperidine rings is 1. The zero-order valence-electron chi connectivity index (χ0n) is 21.8. The number of nitrogens with zero attached hydrogens (tertiary/aromatic N) is 5. The molecule has 3 N–H and O–H groups in total. The second kappa shape index (κ2) is 10.4. The van der Waals surface area contributed by atoms with Gasteiger partial charge in [-0.05, 0) is 73.9 Å². The van der Waals surface area contributed by atoms with E-state index in [4.69, 9.17) is 0 Å². The van der Waals surface area contributed by atoms with Crippen molar-refractivity contribution in [2.45, 2.75) is 52.0 Å². The van der Waals surface area contributed by atoms with Crippen LogP contribution in [0.15, 0.2) is 42.6 Å². The maximum atomic E-state index is 11.9. The van der Waals surface area contributed by atoms with Crippen molar-refractivity contribution in [1.82, 2.24) is 24.2 Å². The lowest BCUT2D eigenvalue weighted by molar-refractivity contribution is -0.131. The summed E-state index contributed by atoms with van der Waals surface area (Å²) >= 11 is 0. The first-order valence-electron chi connectivity index (χ1n) is 13.1. The fourth-order valence-corrected chi connectivity index (χ4v) is 5.40. The number of fused-ring (bicyclic) bond motifs is 1. The van der Waals surface area contributed by atoms with Crippen molar-refractivity contribution in [3.63, 3.8) is 0 Å². The Morgan fingerprint density at radius 3 is 2.53 bits per heavy atom. The van der Waals surface area contributed by atoms with E-state index in [0.29, 0.717) is 29.2 Å². The summed E-state index contributed by atoms with van der Waals surface area (Å²) in [5, 5.41) is 40.4. The molecule has 2 aromatic heterocycles. The van der Waals surface area contributed by atoms with Gasteiger partial charge >= 0.3 is 6.01 Å². The minimum atomic E-state index is -0.291. The summed E-state index contributed by atoms with van der Waals surface area (Å²) < 4.78 is 3.73. The number of rotatable bonds is 7. The number of amides is 1.